The van der Waals surface area contributed by atoms with Crippen molar-refractivity contribution in [3.8, 4) is 0 Å². The molecule has 2 nitrogen and oxygen atoms in total. The van der Waals surface area contributed by atoms with Gasteiger partial charge in [-0.1, -0.05) is 30.3 Å². The highest BCUT2D eigenvalue weighted by Gasteiger charge is 1.99. The van der Waals surface area contributed by atoms with Gasteiger partial charge < -0.3 is 4.42 Å². The third-order valence-electron chi connectivity index (χ3n) is 2.00. The molecule has 15 heavy (non-hydrogen) atoms. The largest absolute Gasteiger partial charge is 0.465 e. The lowest BCUT2D eigenvalue weighted by Gasteiger charge is -1.92. The average molecular weight is 198 g/mol. The van der Waals surface area contributed by atoms with Crippen molar-refractivity contribution in [1.82, 2.24) is 0 Å². The molecule has 0 N–H and O–H groups in total. The van der Waals surface area contributed by atoms with Crippen LogP contribution in [-0.4, -0.2) is 5.78 Å². The van der Waals surface area contributed by atoms with E-state index in [0.717, 1.165) is 0 Å². The highest BCUT2D eigenvalue weighted by molar-refractivity contribution is 6.06. The molecule has 0 unspecified atom stereocenters. The Labute approximate surface area is 87.8 Å². The molecule has 0 radical (unpaired) electrons. The number of rotatable bonds is 3. The first kappa shape index (κ1) is 9.46. The quantitative estimate of drug-likeness (QED) is 0.560. The molecule has 0 amide bonds. The van der Waals surface area contributed by atoms with Crippen LogP contribution in [0.3, 0.4) is 0 Å². The van der Waals surface area contributed by atoms with Crippen LogP contribution in [0.15, 0.2) is 59.2 Å². The van der Waals surface area contributed by atoms with Crippen LogP contribution >= 0.6 is 0 Å². The van der Waals surface area contributed by atoms with Gasteiger partial charge in [-0.05, 0) is 24.3 Å². The molecule has 74 valence electrons. The van der Waals surface area contributed by atoms with E-state index in [-0.39, 0.29) is 5.78 Å². The molecule has 0 aliphatic heterocycles. The van der Waals surface area contributed by atoms with Crippen molar-refractivity contribution in [3.05, 3.63) is 66.1 Å². The summed E-state index contributed by atoms with van der Waals surface area (Å²) >= 11 is 0. The molecule has 0 spiro atoms. The molecule has 2 aromatic rings. The van der Waals surface area contributed by atoms with E-state index in [9.17, 15) is 4.79 Å². The Bertz CT molecular complexity index is 453. The predicted molar refractivity (Wildman–Crippen MR) is 58.5 cm³/mol. The highest BCUT2D eigenvalue weighted by atomic mass is 16.3. The summed E-state index contributed by atoms with van der Waals surface area (Å²) in [5.41, 5.74) is 0.681. The smallest absolute Gasteiger partial charge is 0.185 e. The van der Waals surface area contributed by atoms with Gasteiger partial charge in [0.15, 0.2) is 5.78 Å². The number of hydrogen-bond acceptors (Lipinski definition) is 2. The van der Waals surface area contributed by atoms with Crippen LogP contribution < -0.4 is 0 Å². The molecule has 0 bridgehead atoms. The van der Waals surface area contributed by atoms with Gasteiger partial charge in [0.1, 0.15) is 5.76 Å². The SMILES string of the molecule is O=C(/C=C/c1ccco1)c1ccccc1. The second-order valence-electron chi connectivity index (χ2n) is 3.08. The Kier molecular flexibility index (Phi) is 2.79. The summed E-state index contributed by atoms with van der Waals surface area (Å²) in [4.78, 5) is 11.6. The number of allylic oxidation sites excluding steroid dienone is 1. The molecule has 1 aromatic heterocycles. The van der Waals surface area contributed by atoms with Gasteiger partial charge in [0.2, 0.25) is 0 Å². The van der Waals surface area contributed by atoms with Gasteiger partial charge in [-0.25, -0.2) is 0 Å². The fourth-order valence-corrected chi connectivity index (χ4v) is 1.24. The van der Waals surface area contributed by atoms with Gasteiger partial charge in [-0.2, -0.15) is 0 Å². The van der Waals surface area contributed by atoms with Crippen molar-refractivity contribution in [1.29, 1.82) is 0 Å². The second kappa shape index (κ2) is 4.42. The molecular formula is C13H10O2. The number of carbonyl (C=O) groups excluding carboxylic acids is 1. The zero-order valence-electron chi connectivity index (χ0n) is 8.09. The Morgan fingerprint density at radius 2 is 1.87 bits per heavy atom. The minimum absolute atomic E-state index is 0.0213. The van der Waals surface area contributed by atoms with E-state index < -0.39 is 0 Å². The maximum Gasteiger partial charge on any atom is 0.185 e. The molecular weight excluding hydrogens is 188 g/mol. The lowest BCUT2D eigenvalue weighted by molar-refractivity contribution is 0.104. The normalized spacial score (nSPS) is 10.7. The summed E-state index contributed by atoms with van der Waals surface area (Å²) in [6.45, 7) is 0. The maximum absolute atomic E-state index is 11.6. The van der Waals surface area contributed by atoms with Crippen LogP contribution in [0.2, 0.25) is 0 Å². The lowest BCUT2D eigenvalue weighted by atomic mass is 10.1. The summed E-state index contributed by atoms with van der Waals surface area (Å²) in [6, 6.07) is 12.7. The zero-order valence-corrected chi connectivity index (χ0v) is 8.09. The maximum atomic E-state index is 11.6. The third-order valence-corrected chi connectivity index (χ3v) is 2.00. The molecule has 0 atom stereocenters. The van der Waals surface area contributed by atoms with Crippen molar-refractivity contribution in [2.24, 2.45) is 0 Å². The molecule has 0 aliphatic rings. The van der Waals surface area contributed by atoms with E-state index in [0.29, 0.717) is 11.3 Å². The summed E-state index contributed by atoms with van der Waals surface area (Å²) in [7, 11) is 0. The van der Waals surface area contributed by atoms with E-state index in [1.54, 1.807) is 36.6 Å². The van der Waals surface area contributed by atoms with Gasteiger partial charge >= 0.3 is 0 Å². The van der Waals surface area contributed by atoms with Crippen LogP contribution in [0.25, 0.3) is 6.08 Å². The molecule has 0 aliphatic carbocycles. The van der Waals surface area contributed by atoms with Gasteiger partial charge in [0.25, 0.3) is 0 Å². The number of furan rings is 1. The molecule has 1 heterocycles. The number of hydrogen-bond donors (Lipinski definition) is 0. The highest BCUT2D eigenvalue weighted by Crippen LogP contribution is 2.05. The molecule has 0 fully saturated rings. The monoisotopic (exact) mass is 198 g/mol. The Balaban J connectivity index is 2.11. The van der Waals surface area contributed by atoms with E-state index >= 15 is 0 Å². The Morgan fingerprint density at radius 3 is 2.53 bits per heavy atom. The van der Waals surface area contributed by atoms with E-state index in [2.05, 4.69) is 0 Å². The fraction of sp³-hybridized carbons (Fsp3) is 0. The van der Waals surface area contributed by atoms with Crippen molar-refractivity contribution in [2.75, 3.05) is 0 Å². The van der Waals surface area contributed by atoms with E-state index in [1.165, 1.54) is 6.08 Å². The summed E-state index contributed by atoms with van der Waals surface area (Å²) in [5, 5.41) is 0. The predicted octanol–water partition coefficient (Wildman–Crippen LogP) is 3.18. The Hall–Kier alpha value is -2.09. The first-order valence-corrected chi connectivity index (χ1v) is 4.67. The van der Waals surface area contributed by atoms with Crippen molar-refractivity contribution >= 4 is 11.9 Å². The van der Waals surface area contributed by atoms with Crippen molar-refractivity contribution in [2.45, 2.75) is 0 Å². The van der Waals surface area contributed by atoms with Crippen molar-refractivity contribution < 1.29 is 9.21 Å². The minimum atomic E-state index is -0.0213. The van der Waals surface area contributed by atoms with Gasteiger partial charge in [0.05, 0.1) is 6.26 Å². The van der Waals surface area contributed by atoms with Crippen molar-refractivity contribution in [3.63, 3.8) is 0 Å². The standard InChI is InChI=1S/C13H10O2/c14-13(11-5-2-1-3-6-11)9-8-12-7-4-10-15-12/h1-10H/b9-8+. The third kappa shape index (κ3) is 2.44. The number of benzene rings is 1. The van der Waals surface area contributed by atoms with Crippen LogP contribution in [-0.2, 0) is 0 Å². The molecule has 1 aromatic carbocycles. The molecule has 2 rings (SSSR count). The van der Waals surface area contributed by atoms with Gasteiger partial charge in [0, 0.05) is 5.56 Å². The van der Waals surface area contributed by atoms with Crippen LogP contribution in [0.5, 0.6) is 0 Å². The number of carbonyl (C=O) groups is 1. The Morgan fingerprint density at radius 1 is 1.07 bits per heavy atom. The van der Waals surface area contributed by atoms with Gasteiger partial charge in [-0.3, -0.25) is 4.79 Å². The average Bonchev–Trinajstić information content (AvgIpc) is 2.80. The summed E-state index contributed by atoms with van der Waals surface area (Å²) in [6.07, 6.45) is 4.75. The fourth-order valence-electron chi connectivity index (χ4n) is 1.24. The molecule has 0 saturated carbocycles. The molecule has 0 saturated heterocycles. The second-order valence-corrected chi connectivity index (χ2v) is 3.08. The first-order chi connectivity index (χ1) is 7.36. The number of ketones is 1. The van der Waals surface area contributed by atoms with E-state index in [1.807, 2.05) is 18.2 Å². The molecule has 2 heteroatoms. The van der Waals surface area contributed by atoms with Gasteiger partial charge in [-0.15, -0.1) is 0 Å². The summed E-state index contributed by atoms with van der Waals surface area (Å²) < 4.78 is 5.08. The lowest BCUT2D eigenvalue weighted by Crippen LogP contribution is -1.92. The van der Waals surface area contributed by atoms with E-state index in [4.69, 9.17) is 4.42 Å². The topological polar surface area (TPSA) is 30.2 Å². The summed E-state index contributed by atoms with van der Waals surface area (Å²) in [5.74, 6) is 0.659. The van der Waals surface area contributed by atoms with Crippen LogP contribution in [0, 0.1) is 0 Å². The van der Waals surface area contributed by atoms with Crippen LogP contribution in [0.4, 0.5) is 0 Å². The van der Waals surface area contributed by atoms with Crippen LogP contribution in [0.1, 0.15) is 16.1 Å². The minimum Gasteiger partial charge on any atom is -0.465 e. The zero-order chi connectivity index (χ0) is 10.5. The first-order valence-electron chi connectivity index (χ1n) is 4.67.